The minimum absolute atomic E-state index is 0.259. The number of carbonyl (C=O) groups is 1. The van der Waals surface area contributed by atoms with Crippen LogP contribution in [0.15, 0.2) is 77.2 Å². The van der Waals surface area contributed by atoms with Crippen LogP contribution in [-0.2, 0) is 6.61 Å². The third-order valence-electron chi connectivity index (χ3n) is 5.06. The zero-order valence-corrected chi connectivity index (χ0v) is 18.6. The fourth-order valence-electron chi connectivity index (χ4n) is 3.21. The first kappa shape index (κ1) is 22.0. The Morgan fingerprint density at radius 3 is 2.39 bits per heavy atom. The quantitative estimate of drug-likeness (QED) is 0.386. The molecular weight excluding hydrogens is 420 g/mol. The number of hydrogen-bond acceptors (Lipinski definition) is 6. The summed E-state index contributed by atoms with van der Waals surface area (Å²) in [6, 6.07) is 21.8. The van der Waals surface area contributed by atoms with Gasteiger partial charge in [0.1, 0.15) is 35.3 Å². The molecule has 0 saturated carbocycles. The molecule has 3 aromatic carbocycles. The molecule has 1 N–H and O–H groups in total. The molecule has 1 heterocycles. The van der Waals surface area contributed by atoms with Gasteiger partial charge in [-0.3, -0.25) is 4.79 Å². The fraction of sp³-hybridized carbons (Fsp3) is 0.154. The molecule has 7 nitrogen and oxygen atoms in total. The summed E-state index contributed by atoms with van der Waals surface area (Å²) in [5.74, 6) is 2.83. The van der Waals surface area contributed by atoms with Crippen LogP contribution < -0.4 is 19.5 Å². The molecule has 33 heavy (non-hydrogen) atoms. The maximum Gasteiger partial charge on any atom is 0.255 e. The molecule has 0 atom stereocenters. The van der Waals surface area contributed by atoms with Crippen molar-refractivity contribution < 1.29 is 23.4 Å². The molecule has 0 fully saturated rings. The van der Waals surface area contributed by atoms with E-state index in [1.54, 1.807) is 49.6 Å². The maximum atomic E-state index is 12.7. The van der Waals surface area contributed by atoms with Crippen molar-refractivity contribution >= 4 is 11.6 Å². The van der Waals surface area contributed by atoms with Crippen LogP contribution in [0.3, 0.4) is 0 Å². The zero-order chi connectivity index (χ0) is 23.2. The van der Waals surface area contributed by atoms with Gasteiger partial charge in [-0.2, -0.15) is 0 Å². The van der Waals surface area contributed by atoms with Crippen LogP contribution in [0.4, 0.5) is 5.69 Å². The molecule has 4 aromatic rings. The summed E-state index contributed by atoms with van der Waals surface area (Å²) in [7, 11) is 3.11. The van der Waals surface area contributed by atoms with Crippen LogP contribution >= 0.6 is 0 Å². The topological polar surface area (TPSA) is 82.8 Å². The molecule has 168 valence electrons. The van der Waals surface area contributed by atoms with Crippen LogP contribution in [0.5, 0.6) is 17.2 Å². The summed E-state index contributed by atoms with van der Waals surface area (Å²) in [5, 5.41) is 2.86. The lowest BCUT2D eigenvalue weighted by molar-refractivity contribution is 0.102. The molecule has 0 unspecified atom stereocenters. The Morgan fingerprint density at radius 1 is 0.939 bits per heavy atom. The highest BCUT2D eigenvalue weighted by Gasteiger charge is 2.14. The third kappa shape index (κ3) is 5.15. The number of nitrogens with zero attached hydrogens (tertiary/aromatic N) is 1. The van der Waals surface area contributed by atoms with Crippen LogP contribution in [0.1, 0.15) is 21.8 Å². The smallest absolute Gasteiger partial charge is 0.255 e. The second-order valence-electron chi connectivity index (χ2n) is 7.22. The van der Waals surface area contributed by atoms with E-state index in [2.05, 4.69) is 10.3 Å². The van der Waals surface area contributed by atoms with Gasteiger partial charge in [0, 0.05) is 17.2 Å². The van der Waals surface area contributed by atoms with Gasteiger partial charge in [0.2, 0.25) is 5.89 Å². The molecule has 4 rings (SSSR count). The second-order valence-corrected chi connectivity index (χ2v) is 7.22. The number of amides is 1. The van der Waals surface area contributed by atoms with Crippen molar-refractivity contribution in [2.75, 3.05) is 19.5 Å². The number of aromatic nitrogens is 1. The summed E-state index contributed by atoms with van der Waals surface area (Å²) in [4.78, 5) is 17.3. The summed E-state index contributed by atoms with van der Waals surface area (Å²) in [6.07, 6.45) is 0. The van der Waals surface area contributed by atoms with Crippen molar-refractivity contribution in [3.05, 3.63) is 89.8 Å². The monoisotopic (exact) mass is 444 g/mol. The number of aryl methyl sites for hydroxylation is 1. The van der Waals surface area contributed by atoms with Gasteiger partial charge in [-0.15, -0.1) is 0 Å². The average molecular weight is 444 g/mol. The molecule has 0 aliphatic heterocycles. The van der Waals surface area contributed by atoms with Crippen LogP contribution in [-0.4, -0.2) is 25.1 Å². The van der Waals surface area contributed by atoms with E-state index in [1.165, 1.54) is 7.11 Å². The van der Waals surface area contributed by atoms with E-state index < -0.39 is 0 Å². The standard InChI is InChI=1S/C26H24N2O5/c1-17-23(16-32-20-7-5-4-6-8-20)28-26(33-17)19-11-9-18(10-12-19)25(29)27-22-14-13-21(30-2)15-24(22)31-3/h4-15H,16H2,1-3H3,(H,27,29). The maximum absolute atomic E-state index is 12.7. The number of nitrogens with one attached hydrogen (secondary N) is 1. The molecule has 1 amide bonds. The normalized spacial score (nSPS) is 10.5. The molecule has 0 saturated heterocycles. The van der Waals surface area contributed by atoms with Crippen molar-refractivity contribution in [1.29, 1.82) is 0 Å². The minimum Gasteiger partial charge on any atom is -0.497 e. The van der Waals surface area contributed by atoms with Gasteiger partial charge in [-0.25, -0.2) is 4.98 Å². The van der Waals surface area contributed by atoms with E-state index in [9.17, 15) is 4.79 Å². The predicted molar refractivity (Wildman–Crippen MR) is 125 cm³/mol. The van der Waals surface area contributed by atoms with Gasteiger partial charge >= 0.3 is 0 Å². The van der Waals surface area contributed by atoms with Gasteiger partial charge in [0.05, 0.1) is 19.9 Å². The van der Waals surface area contributed by atoms with Crippen molar-refractivity contribution in [3.8, 4) is 28.7 Å². The number of ether oxygens (including phenoxy) is 3. The van der Waals surface area contributed by atoms with E-state index in [1.807, 2.05) is 37.3 Å². The molecule has 0 spiro atoms. The van der Waals surface area contributed by atoms with Gasteiger partial charge in [-0.05, 0) is 55.5 Å². The number of anilines is 1. The molecule has 0 radical (unpaired) electrons. The predicted octanol–water partition coefficient (Wildman–Crippen LogP) is 5.50. The number of benzene rings is 3. The summed E-state index contributed by atoms with van der Waals surface area (Å²) in [6.45, 7) is 2.16. The summed E-state index contributed by atoms with van der Waals surface area (Å²) < 4.78 is 22.1. The Balaban J connectivity index is 1.44. The van der Waals surface area contributed by atoms with Crippen molar-refractivity contribution in [2.24, 2.45) is 0 Å². The lowest BCUT2D eigenvalue weighted by Crippen LogP contribution is -2.12. The van der Waals surface area contributed by atoms with E-state index in [-0.39, 0.29) is 5.91 Å². The lowest BCUT2D eigenvalue weighted by Gasteiger charge is -2.11. The number of rotatable bonds is 8. The molecule has 0 aliphatic rings. The summed E-state index contributed by atoms with van der Waals surface area (Å²) >= 11 is 0. The zero-order valence-electron chi connectivity index (χ0n) is 18.6. The average Bonchev–Trinajstić information content (AvgIpc) is 3.24. The first-order valence-electron chi connectivity index (χ1n) is 10.4. The Hall–Kier alpha value is -4.26. The van der Waals surface area contributed by atoms with E-state index in [4.69, 9.17) is 18.6 Å². The van der Waals surface area contributed by atoms with Gasteiger partial charge < -0.3 is 23.9 Å². The van der Waals surface area contributed by atoms with E-state index in [0.717, 1.165) is 17.0 Å². The Bertz CT molecular complexity index is 1230. The number of methoxy groups -OCH3 is 2. The molecule has 0 bridgehead atoms. The Kier molecular flexibility index (Phi) is 6.59. The van der Waals surface area contributed by atoms with Crippen molar-refractivity contribution in [2.45, 2.75) is 13.5 Å². The molecule has 0 aliphatic carbocycles. The third-order valence-corrected chi connectivity index (χ3v) is 5.06. The van der Waals surface area contributed by atoms with Crippen LogP contribution in [0, 0.1) is 6.92 Å². The second kappa shape index (κ2) is 9.91. The van der Waals surface area contributed by atoms with E-state index >= 15 is 0 Å². The lowest BCUT2D eigenvalue weighted by atomic mass is 10.1. The van der Waals surface area contributed by atoms with Crippen molar-refractivity contribution in [3.63, 3.8) is 0 Å². The van der Waals surface area contributed by atoms with Crippen molar-refractivity contribution in [1.82, 2.24) is 4.98 Å². The SMILES string of the molecule is COc1ccc(NC(=O)c2ccc(-c3nc(COc4ccccc4)c(C)o3)cc2)c(OC)c1. The van der Waals surface area contributed by atoms with Gasteiger partial charge in [-0.1, -0.05) is 18.2 Å². The number of para-hydroxylation sites is 1. The highest BCUT2D eigenvalue weighted by atomic mass is 16.5. The van der Waals surface area contributed by atoms with Gasteiger partial charge in [0.25, 0.3) is 5.91 Å². The number of carbonyl (C=O) groups excluding carboxylic acids is 1. The van der Waals surface area contributed by atoms with E-state index in [0.29, 0.717) is 41.0 Å². The fourth-order valence-corrected chi connectivity index (χ4v) is 3.21. The van der Waals surface area contributed by atoms with Gasteiger partial charge in [0.15, 0.2) is 0 Å². The largest absolute Gasteiger partial charge is 0.497 e. The Labute approximate surface area is 191 Å². The molecule has 1 aromatic heterocycles. The number of oxazole rings is 1. The summed E-state index contributed by atoms with van der Waals surface area (Å²) in [5.41, 5.74) is 2.54. The van der Waals surface area contributed by atoms with Crippen LogP contribution in [0.25, 0.3) is 11.5 Å². The first-order valence-corrected chi connectivity index (χ1v) is 10.4. The highest BCUT2D eigenvalue weighted by Crippen LogP contribution is 2.30. The first-order chi connectivity index (χ1) is 16.1. The van der Waals surface area contributed by atoms with Crippen LogP contribution in [0.2, 0.25) is 0 Å². The molecular formula is C26H24N2O5. The minimum atomic E-state index is -0.259. The highest BCUT2D eigenvalue weighted by molar-refractivity contribution is 6.05. The molecule has 7 heteroatoms. The Morgan fingerprint density at radius 2 is 1.70 bits per heavy atom. The number of hydrogen-bond donors (Lipinski definition) is 1.